The van der Waals surface area contributed by atoms with Crippen LogP contribution in [0, 0.1) is 5.92 Å². The molecule has 0 bridgehead atoms. The van der Waals surface area contributed by atoms with Crippen LogP contribution in [0.3, 0.4) is 0 Å². The molecule has 1 aliphatic rings. The van der Waals surface area contributed by atoms with Crippen LogP contribution in [0.5, 0.6) is 0 Å². The summed E-state index contributed by atoms with van der Waals surface area (Å²) in [4.78, 5) is 16.4. The molecule has 1 fully saturated rings. The second-order valence-corrected chi connectivity index (χ2v) is 6.83. The monoisotopic (exact) mass is 304 g/mol. The molecule has 112 valence electrons. The van der Waals surface area contributed by atoms with E-state index in [1.54, 1.807) is 11.3 Å². The van der Waals surface area contributed by atoms with Gasteiger partial charge in [0.05, 0.1) is 21.3 Å². The van der Waals surface area contributed by atoms with E-state index in [9.17, 15) is 9.90 Å². The Kier molecular flexibility index (Phi) is 4.51. The lowest BCUT2D eigenvalue weighted by Gasteiger charge is -2.10. The zero-order valence-electron chi connectivity index (χ0n) is 11.9. The fourth-order valence-electron chi connectivity index (χ4n) is 2.83. The number of carbonyl (C=O) groups excluding carboxylic acids is 1. The molecule has 1 heterocycles. The molecule has 5 heteroatoms. The van der Waals surface area contributed by atoms with E-state index in [4.69, 9.17) is 0 Å². The van der Waals surface area contributed by atoms with Crippen LogP contribution in [0.4, 0.5) is 0 Å². The Balaban J connectivity index is 1.45. The van der Waals surface area contributed by atoms with Gasteiger partial charge in [-0.3, -0.25) is 4.79 Å². The highest BCUT2D eigenvalue weighted by atomic mass is 32.1. The van der Waals surface area contributed by atoms with Gasteiger partial charge in [0.2, 0.25) is 5.91 Å². The number of thiazole rings is 1. The van der Waals surface area contributed by atoms with Gasteiger partial charge in [0.1, 0.15) is 0 Å². The maximum Gasteiger partial charge on any atom is 0.220 e. The zero-order chi connectivity index (χ0) is 14.7. The van der Waals surface area contributed by atoms with E-state index in [0.29, 0.717) is 25.3 Å². The summed E-state index contributed by atoms with van der Waals surface area (Å²) in [6, 6.07) is 8.05. The van der Waals surface area contributed by atoms with Crippen molar-refractivity contribution < 1.29 is 9.90 Å². The molecule has 0 spiro atoms. The minimum absolute atomic E-state index is 0.0793. The Morgan fingerprint density at radius 3 is 3.00 bits per heavy atom. The number of rotatable bonds is 5. The molecule has 0 radical (unpaired) electrons. The van der Waals surface area contributed by atoms with Gasteiger partial charge in [0.25, 0.3) is 0 Å². The number of hydrogen-bond donors (Lipinski definition) is 2. The molecule has 0 saturated heterocycles. The van der Waals surface area contributed by atoms with Gasteiger partial charge in [0, 0.05) is 19.4 Å². The molecule has 2 unspecified atom stereocenters. The Bertz CT molecular complexity index is 593. The maximum absolute atomic E-state index is 11.9. The molecule has 2 N–H and O–H groups in total. The first-order valence-electron chi connectivity index (χ1n) is 7.50. The van der Waals surface area contributed by atoms with E-state index in [2.05, 4.69) is 16.4 Å². The fraction of sp³-hybridized carbons (Fsp3) is 0.500. The lowest BCUT2D eigenvalue weighted by molar-refractivity contribution is -0.121. The normalized spacial score (nSPS) is 21.8. The minimum Gasteiger partial charge on any atom is -0.393 e. The molecule has 1 aromatic heterocycles. The second kappa shape index (κ2) is 6.54. The number of hydrogen-bond acceptors (Lipinski definition) is 4. The minimum atomic E-state index is -0.172. The van der Waals surface area contributed by atoms with Crippen molar-refractivity contribution in [3.63, 3.8) is 0 Å². The van der Waals surface area contributed by atoms with Gasteiger partial charge in [-0.05, 0) is 37.3 Å². The number of aliphatic hydroxyl groups is 1. The van der Waals surface area contributed by atoms with E-state index in [1.165, 1.54) is 4.70 Å². The molecule has 1 amide bonds. The molecule has 0 aliphatic heterocycles. The molecule has 1 saturated carbocycles. The van der Waals surface area contributed by atoms with E-state index in [1.807, 2.05) is 18.2 Å². The number of amides is 1. The quantitative estimate of drug-likeness (QED) is 0.892. The van der Waals surface area contributed by atoms with Gasteiger partial charge in [-0.1, -0.05) is 12.1 Å². The summed E-state index contributed by atoms with van der Waals surface area (Å²) < 4.78 is 1.17. The van der Waals surface area contributed by atoms with Crippen molar-refractivity contribution in [1.29, 1.82) is 0 Å². The van der Waals surface area contributed by atoms with Crippen molar-refractivity contribution in [3.05, 3.63) is 29.3 Å². The van der Waals surface area contributed by atoms with Crippen molar-refractivity contribution in [2.24, 2.45) is 5.92 Å². The van der Waals surface area contributed by atoms with Crippen LogP contribution in [-0.4, -0.2) is 28.6 Å². The standard InChI is InChI=1S/C16H20N2O2S/c19-12-6-5-11(9-12)10-17-15(20)7-8-16-18-13-3-1-2-4-14(13)21-16/h1-4,11-12,19H,5-10H2,(H,17,20). The summed E-state index contributed by atoms with van der Waals surface area (Å²) in [6.45, 7) is 0.690. The van der Waals surface area contributed by atoms with Crippen LogP contribution in [0.25, 0.3) is 10.2 Å². The van der Waals surface area contributed by atoms with Crippen LogP contribution >= 0.6 is 11.3 Å². The predicted molar refractivity (Wildman–Crippen MR) is 84.3 cm³/mol. The van der Waals surface area contributed by atoms with Gasteiger partial charge in [-0.25, -0.2) is 4.98 Å². The van der Waals surface area contributed by atoms with Crippen LogP contribution < -0.4 is 5.32 Å². The molecule has 2 aromatic rings. The Morgan fingerprint density at radius 1 is 1.38 bits per heavy atom. The summed E-state index contributed by atoms with van der Waals surface area (Å²) in [5.41, 5.74) is 1.01. The summed E-state index contributed by atoms with van der Waals surface area (Å²) >= 11 is 1.66. The highest BCUT2D eigenvalue weighted by Gasteiger charge is 2.22. The van der Waals surface area contributed by atoms with Crippen LogP contribution in [0.2, 0.25) is 0 Å². The number of benzene rings is 1. The molecular formula is C16H20N2O2S. The third-order valence-electron chi connectivity index (χ3n) is 4.01. The van der Waals surface area contributed by atoms with Gasteiger partial charge >= 0.3 is 0 Å². The number of aromatic nitrogens is 1. The van der Waals surface area contributed by atoms with E-state index < -0.39 is 0 Å². The first-order valence-corrected chi connectivity index (χ1v) is 8.31. The highest BCUT2D eigenvalue weighted by molar-refractivity contribution is 7.18. The molecule has 3 rings (SSSR count). The lowest BCUT2D eigenvalue weighted by Crippen LogP contribution is -2.28. The number of nitrogens with zero attached hydrogens (tertiary/aromatic N) is 1. The summed E-state index contributed by atoms with van der Waals surface area (Å²) in [5, 5.41) is 13.5. The van der Waals surface area contributed by atoms with Gasteiger partial charge in [-0.2, -0.15) is 0 Å². The Hall–Kier alpha value is -1.46. The molecule has 21 heavy (non-hydrogen) atoms. The molecule has 1 aliphatic carbocycles. The first-order chi connectivity index (χ1) is 10.2. The summed E-state index contributed by atoms with van der Waals surface area (Å²) in [7, 11) is 0. The third kappa shape index (κ3) is 3.80. The van der Waals surface area contributed by atoms with E-state index >= 15 is 0 Å². The van der Waals surface area contributed by atoms with Crippen LogP contribution in [-0.2, 0) is 11.2 Å². The Labute approximate surface area is 128 Å². The average molecular weight is 304 g/mol. The number of para-hydroxylation sites is 1. The maximum atomic E-state index is 11.9. The highest BCUT2D eigenvalue weighted by Crippen LogP contribution is 2.25. The fourth-order valence-corrected chi connectivity index (χ4v) is 3.79. The summed E-state index contributed by atoms with van der Waals surface area (Å²) in [5.74, 6) is 0.516. The largest absolute Gasteiger partial charge is 0.393 e. The first kappa shape index (κ1) is 14.5. The zero-order valence-corrected chi connectivity index (χ0v) is 12.7. The van der Waals surface area contributed by atoms with Crippen molar-refractivity contribution in [1.82, 2.24) is 10.3 Å². The van der Waals surface area contributed by atoms with Crippen molar-refractivity contribution in [2.45, 2.75) is 38.2 Å². The third-order valence-corrected chi connectivity index (χ3v) is 5.10. The van der Waals surface area contributed by atoms with E-state index in [0.717, 1.165) is 29.8 Å². The second-order valence-electron chi connectivity index (χ2n) is 5.71. The average Bonchev–Trinajstić information content (AvgIpc) is 3.08. The van der Waals surface area contributed by atoms with Crippen molar-refractivity contribution in [2.75, 3.05) is 6.54 Å². The predicted octanol–water partition coefficient (Wildman–Crippen LogP) is 2.51. The smallest absolute Gasteiger partial charge is 0.220 e. The number of carbonyl (C=O) groups is 1. The molecule has 2 atom stereocenters. The van der Waals surface area contributed by atoms with Crippen molar-refractivity contribution >= 4 is 27.5 Å². The number of aliphatic hydroxyl groups excluding tert-OH is 1. The van der Waals surface area contributed by atoms with Gasteiger partial charge < -0.3 is 10.4 Å². The van der Waals surface area contributed by atoms with Crippen LogP contribution in [0.15, 0.2) is 24.3 Å². The summed E-state index contributed by atoms with van der Waals surface area (Å²) in [6.07, 6.45) is 3.70. The Morgan fingerprint density at radius 2 is 2.24 bits per heavy atom. The topological polar surface area (TPSA) is 62.2 Å². The SMILES string of the molecule is O=C(CCc1nc2ccccc2s1)NCC1CCC(O)C1. The van der Waals surface area contributed by atoms with Crippen LogP contribution in [0.1, 0.15) is 30.7 Å². The number of aryl methyl sites for hydroxylation is 1. The van der Waals surface area contributed by atoms with Gasteiger partial charge in [0.15, 0.2) is 0 Å². The number of nitrogens with one attached hydrogen (secondary N) is 1. The van der Waals surface area contributed by atoms with Crippen molar-refractivity contribution in [3.8, 4) is 0 Å². The van der Waals surface area contributed by atoms with Gasteiger partial charge in [-0.15, -0.1) is 11.3 Å². The van der Waals surface area contributed by atoms with E-state index in [-0.39, 0.29) is 12.0 Å². The molecule has 1 aromatic carbocycles. The number of fused-ring (bicyclic) bond motifs is 1. The molecule has 4 nitrogen and oxygen atoms in total. The lowest BCUT2D eigenvalue weighted by atomic mass is 10.1. The molecular weight excluding hydrogens is 284 g/mol.